The van der Waals surface area contributed by atoms with Crippen molar-refractivity contribution in [1.29, 1.82) is 0 Å². The van der Waals surface area contributed by atoms with Crippen LogP contribution in [0.4, 0.5) is 0 Å². The van der Waals surface area contributed by atoms with Crippen molar-refractivity contribution in [3.05, 3.63) is 11.1 Å². The summed E-state index contributed by atoms with van der Waals surface area (Å²) in [6.07, 6.45) is 0.661. The van der Waals surface area contributed by atoms with E-state index in [0.717, 1.165) is 10.1 Å². The lowest BCUT2D eigenvalue weighted by molar-refractivity contribution is -0.914. The zero-order chi connectivity index (χ0) is 10.4. The summed E-state index contributed by atoms with van der Waals surface area (Å²) in [7, 11) is 6.44. The average molecular weight is 182 g/mol. The van der Waals surface area contributed by atoms with Crippen molar-refractivity contribution in [2.75, 3.05) is 21.1 Å². The number of likely N-dealkylation sites (N-methyl/N-ethyl adjacent to an activating group) is 1. The van der Waals surface area contributed by atoms with E-state index in [1.807, 2.05) is 6.92 Å². The molecule has 0 heterocycles. The van der Waals surface area contributed by atoms with Gasteiger partial charge in [-0.25, -0.2) is 0 Å². The number of hydrogen-bond donors (Lipinski definition) is 0. The van der Waals surface area contributed by atoms with Gasteiger partial charge in [0.25, 0.3) is 0 Å². The number of quaternary nitrogens is 1. The van der Waals surface area contributed by atoms with Gasteiger partial charge >= 0.3 is 0 Å². The van der Waals surface area contributed by atoms with Crippen LogP contribution in [-0.4, -0.2) is 36.9 Å². The molecule has 74 valence electrons. The molecule has 0 amide bonds. The van der Waals surface area contributed by atoms with Crippen LogP contribution < -0.4 is 0 Å². The van der Waals surface area contributed by atoms with Gasteiger partial charge in [-0.05, 0) is 31.9 Å². The van der Waals surface area contributed by atoms with Crippen molar-refractivity contribution in [1.82, 2.24) is 0 Å². The maximum atomic E-state index is 11.6. The highest BCUT2D eigenvalue weighted by atomic mass is 16.1. The van der Waals surface area contributed by atoms with Crippen LogP contribution in [0.25, 0.3) is 0 Å². The highest BCUT2D eigenvalue weighted by molar-refractivity contribution is 5.99. The van der Waals surface area contributed by atoms with E-state index in [2.05, 4.69) is 35.0 Å². The van der Waals surface area contributed by atoms with Gasteiger partial charge in [-0.1, -0.05) is 0 Å². The van der Waals surface area contributed by atoms with Gasteiger partial charge in [-0.2, -0.15) is 0 Å². The fourth-order valence-corrected chi connectivity index (χ4v) is 1.93. The van der Waals surface area contributed by atoms with Crippen LogP contribution >= 0.6 is 0 Å². The number of rotatable bonds is 1. The molecule has 2 nitrogen and oxygen atoms in total. The molecule has 0 saturated carbocycles. The Morgan fingerprint density at radius 1 is 1.23 bits per heavy atom. The van der Waals surface area contributed by atoms with Gasteiger partial charge in [0.05, 0.1) is 27.6 Å². The Balaban J connectivity index is 3.19. The predicted molar refractivity (Wildman–Crippen MR) is 54.4 cm³/mol. The number of ketones is 1. The largest absolute Gasteiger partial charge is 0.322 e. The molecule has 1 unspecified atom stereocenters. The number of hydrogen-bond acceptors (Lipinski definition) is 1. The fourth-order valence-electron chi connectivity index (χ4n) is 1.93. The summed E-state index contributed by atoms with van der Waals surface area (Å²) in [5.74, 6) is 0.313. The van der Waals surface area contributed by atoms with E-state index in [9.17, 15) is 4.79 Å². The second kappa shape index (κ2) is 2.68. The minimum absolute atomic E-state index is 0.00116. The molecule has 1 rings (SSSR count). The Labute approximate surface area is 80.8 Å². The van der Waals surface area contributed by atoms with E-state index in [1.54, 1.807) is 0 Å². The Bertz CT molecular complexity index is 283. The van der Waals surface area contributed by atoms with Crippen LogP contribution in [-0.2, 0) is 4.79 Å². The first-order chi connectivity index (χ1) is 5.70. The van der Waals surface area contributed by atoms with E-state index in [0.29, 0.717) is 12.2 Å². The lowest BCUT2D eigenvalue weighted by Crippen LogP contribution is -2.54. The van der Waals surface area contributed by atoms with Crippen molar-refractivity contribution < 1.29 is 9.28 Å². The van der Waals surface area contributed by atoms with Crippen LogP contribution in [0.5, 0.6) is 0 Å². The van der Waals surface area contributed by atoms with Gasteiger partial charge in [0.1, 0.15) is 5.54 Å². The second-order valence-electron chi connectivity index (χ2n) is 5.14. The third kappa shape index (κ3) is 1.33. The molecule has 0 N–H and O–H groups in total. The lowest BCUT2D eigenvalue weighted by atomic mass is 9.91. The van der Waals surface area contributed by atoms with Gasteiger partial charge in [0.15, 0.2) is 5.78 Å². The molecule has 0 aliphatic heterocycles. The Kier molecular flexibility index (Phi) is 2.15. The van der Waals surface area contributed by atoms with Gasteiger partial charge in [0, 0.05) is 0 Å². The molecule has 2 heteroatoms. The first-order valence-corrected chi connectivity index (χ1v) is 4.73. The number of allylic oxidation sites excluding steroid dienone is 1. The Morgan fingerprint density at radius 2 is 1.69 bits per heavy atom. The predicted octanol–water partition coefficient (Wildman–Crippen LogP) is 1.76. The van der Waals surface area contributed by atoms with Gasteiger partial charge < -0.3 is 4.48 Å². The summed E-state index contributed by atoms with van der Waals surface area (Å²) >= 11 is 0. The standard InChI is InChI=1S/C11H20NO/c1-8-9(2)11(3,7-10(8)13)12(4,5)6/h7H2,1-6H3/q+1. The molecule has 0 bridgehead atoms. The molecule has 0 saturated heterocycles. The molecule has 0 aromatic carbocycles. The van der Waals surface area contributed by atoms with Crippen LogP contribution in [0.3, 0.4) is 0 Å². The van der Waals surface area contributed by atoms with Crippen molar-refractivity contribution in [3.63, 3.8) is 0 Å². The highest BCUT2D eigenvalue weighted by Crippen LogP contribution is 2.39. The van der Waals surface area contributed by atoms with E-state index in [1.165, 1.54) is 5.57 Å². The Morgan fingerprint density at radius 3 is 1.85 bits per heavy atom. The fraction of sp³-hybridized carbons (Fsp3) is 0.727. The molecular formula is C11H20NO+. The van der Waals surface area contributed by atoms with Crippen molar-refractivity contribution >= 4 is 5.78 Å². The van der Waals surface area contributed by atoms with Crippen LogP contribution in [0.1, 0.15) is 27.2 Å². The summed E-state index contributed by atoms with van der Waals surface area (Å²) in [6, 6.07) is 0. The second-order valence-corrected chi connectivity index (χ2v) is 5.14. The number of carbonyl (C=O) groups excluding carboxylic acids is 1. The third-order valence-electron chi connectivity index (χ3n) is 3.77. The van der Waals surface area contributed by atoms with E-state index in [-0.39, 0.29) is 5.54 Å². The highest BCUT2D eigenvalue weighted by Gasteiger charge is 2.47. The topological polar surface area (TPSA) is 17.1 Å². The molecule has 1 aliphatic carbocycles. The van der Waals surface area contributed by atoms with Gasteiger partial charge in [-0.15, -0.1) is 0 Å². The zero-order valence-electron chi connectivity index (χ0n) is 9.56. The summed E-state index contributed by atoms with van der Waals surface area (Å²) in [5, 5.41) is 0. The van der Waals surface area contributed by atoms with Crippen molar-refractivity contribution in [2.45, 2.75) is 32.7 Å². The number of Topliss-reactive ketones (excluding diaryl/α,β-unsaturated/α-hetero) is 1. The average Bonchev–Trinajstić information content (AvgIpc) is 2.15. The maximum Gasteiger partial charge on any atom is 0.165 e. The monoisotopic (exact) mass is 182 g/mol. The van der Waals surface area contributed by atoms with Crippen molar-refractivity contribution in [2.24, 2.45) is 0 Å². The number of carbonyl (C=O) groups is 1. The molecule has 1 atom stereocenters. The first-order valence-electron chi connectivity index (χ1n) is 4.73. The Hall–Kier alpha value is -0.630. The van der Waals surface area contributed by atoms with Gasteiger partial charge in [0.2, 0.25) is 0 Å². The minimum Gasteiger partial charge on any atom is -0.322 e. The molecule has 1 aliphatic rings. The summed E-state index contributed by atoms with van der Waals surface area (Å²) in [4.78, 5) is 11.6. The molecule has 0 aromatic rings. The third-order valence-corrected chi connectivity index (χ3v) is 3.77. The zero-order valence-corrected chi connectivity index (χ0v) is 9.56. The normalized spacial score (nSPS) is 30.2. The molecule has 0 spiro atoms. The first kappa shape index (κ1) is 10.5. The number of nitrogens with zero attached hydrogens (tertiary/aromatic N) is 1. The smallest absolute Gasteiger partial charge is 0.165 e. The molecule has 0 radical (unpaired) electrons. The van der Waals surface area contributed by atoms with Crippen molar-refractivity contribution in [3.8, 4) is 0 Å². The van der Waals surface area contributed by atoms with E-state index >= 15 is 0 Å². The molecule has 0 aromatic heterocycles. The van der Waals surface area contributed by atoms with Crippen LogP contribution in [0, 0.1) is 0 Å². The molecular weight excluding hydrogens is 162 g/mol. The summed E-state index contributed by atoms with van der Waals surface area (Å²) in [5.41, 5.74) is 2.22. The van der Waals surface area contributed by atoms with Gasteiger partial charge in [-0.3, -0.25) is 4.79 Å². The van der Waals surface area contributed by atoms with Crippen LogP contribution in [0.15, 0.2) is 11.1 Å². The lowest BCUT2D eigenvalue weighted by Gasteiger charge is -2.42. The minimum atomic E-state index is 0.00116. The maximum absolute atomic E-state index is 11.6. The SMILES string of the molecule is CC1=C(C)C(C)([N+](C)(C)C)CC1=O. The van der Waals surface area contributed by atoms with Crippen LogP contribution in [0.2, 0.25) is 0 Å². The summed E-state index contributed by atoms with van der Waals surface area (Å²) < 4.78 is 0.821. The summed E-state index contributed by atoms with van der Waals surface area (Å²) in [6.45, 7) is 6.21. The molecule has 0 fully saturated rings. The quantitative estimate of drug-likeness (QED) is 0.565. The van der Waals surface area contributed by atoms with E-state index in [4.69, 9.17) is 0 Å². The molecule has 13 heavy (non-hydrogen) atoms. The van der Waals surface area contributed by atoms with E-state index < -0.39 is 0 Å².